The van der Waals surface area contributed by atoms with E-state index in [0.717, 1.165) is 44.9 Å². The van der Waals surface area contributed by atoms with Crippen LogP contribution in [0.4, 0.5) is 5.82 Å². The second kappa shape index (κ2) is 6.65. The average Bonchev–Trinajstić information content (AvgIpc) is 3.33. The molecular weight excluding hydrogens is 372 g/mol. The van der Waals surface area contributed by atoms with Crippen molar-refractivity contribution in [2.24, 2.45) is 0 Å². The fourth-order valence-electron chi connectivity index (χ4n) is 3.29. The Kier molecular flexibility index (Phi) is 3.98. The average molecular weight is 389 g/mol. The monoisotopic (exact) mass is 388 g/mol. The SMILES string of the molecule is Cc1cnn2c(NCc3ccc4[nH]cnc4c3)cc(-c3ccccc3Cl)nc12. The summed E-state index contributed by atoms with van der Waals surface area (Å²) in [4.78, 5) is 12.2. The van der Waals surface area contributed by atoms with Gasteiger partial charge in [0.15, 0.2) is 5.65 Å². The highest BCUT2D eigenvalue weighted by atomic mass is 35.5. The first kappa shape index (κ1) is 16.8. The van der Waals surface area contributed by atoms with Gasteiger partial charge in [-0.3, -0.25) is 0 Å². The van der Waals surface area contributed by atoms with E-state index in [0.29, 0.717) is 11.6 Å². The summed E-state index contributed by atoms with van der Waals surface area (Å²) in [7, 11) is 0. The molecule has 0 aliphatic rings. The van der Waals surface area contributed by atoms with Gasteiger partial charge in [-0.25, -0.2) is 9.97 Å². The van der Waals surface area contributed by atoms with Crippen LogP contribution in [0, 0.1) is 6.92 Å². The first-order valence-corrected chi connectivity index (χ1v) is 9.33. The Morgan fingerprint density at radius 1 is 1.14 bits per heavy atom. The number of H-pyrrole nitrogens is 1. The number of anilines is 1. The molecule has 7 heteroatoms. The van der Waals surface area contributed by atoms with Crippen molar-refractivity contribution in [3.05, 3.63) is 77.2 Å². The van der Waals surface area contributed by atoms with Crippen molar-refractivity contribution < 1.29 is 0 Å². The molecule has 0 spiro atoms. The third kappa shape index (κ3) is 2.88. The van der Waals surface area contributed by atoms with Crippen LogP contribution >= 0.6 is 11.6 Å². The van der Waals surface area contributed by atoms with Crippen LogP contribution in [0.3, 0.4) is 0 Å². The molecule has 6 nitrogen and oxygen atoms in total. The molecule has 28 heavy (non-hydrogen) atoms. The van der Waals surface area contributed by atoms with E-state index in [-0.39, 0.29) is 0 Å². The van der Waals surface area contributed by atoms with Crippen LogP contribution in [0.2, 0.25) is 5.02 Å². The number of benzene rings is 2. The van der Waals surface area contributed by atoms with Crippen LogP contribution in [0.15, 0.2) is 61.1 Å². The third-order valence-electron chi connectivity index (χ3n) is 4.76. The van der Waals surface area contributed by atoms with Crippen LogP contribution in [0.1, 0.15) is 11.1 Å². The van der Waals surface area contributed by atoms with Crippen LogP contribution in [0.25, 0.3) is 27.9 Å². The summed E-state index contributed by atoms with van der Waals surface area (Å²) in [5, 5.41) is 8.63. The quantitative estimate of drug-likeness (QED) is 0.462. The molecular formula is C21H17ClN6. The van der Waals surface area contributed by atoms with Crippen molar-refractivity contribution in [3.63, 3.8) is 0 Å². The molecule has 138 valence electrons. The molecule has 3 aromatic heterocycles. The molecule has 0 atom stereocenters. The number of aryl methyl sites for hydroxylation is 1. The van der Waals surface area contributed by atoms with Gasteiger partial charge in [0, 0.05) is 28.8 Å². The number of nitrogens with one attached hydrogen (secondary N) is 2. The predicted molar refractivity (Wildman–Crippen MR) is 112 cm³/mol. The van der Waals surface area contributed by atoms with E-state index in [2.05, 4.69) is 32.5 Å². The molecule has 0 radical (unpaired) electrons. The number of halogens is 1. The lowest BCUT2D eigenvalue weighted by Gasteiger charge is -2.12. The van der Waals surface area contributed by atoms with Gasteiger partial charge in [0.05, 0.1) is 29.3 Å². The molecule has 5 aromatic rings. The molecule has 0 saturated heterocycles. The molecule has 0 unspecified atom stereocenters. The van der Waals surface area contributed by atoms with Gasteiger partial charge in [0.2, 0.25) is 0 Å². The normalized spacial score (nSPS) is 11.4. The van der Waals surface area contributed by atoms with Crippen molar-refractivity contribution in [2.75, 3.05) is 5.32 Å². The highest BCUT2D eigenvalue weighted by Gasteiger charge is 2.12. The number of imidazole rings is 1. The van der Waals surface area contributed by atoms with Crippen LogP contribution in [-0.4, -0.2) is 24.6 Å². The van der Waals surface area contributed by atoms with E-state index < -0.39 is 0 Å². The summed E-state index contributed by atoms with van der Waals surface area (Å²) >= 11 is 6.40. The number of aromatic amines is 1. The van der Waals surface area contributed by atoms with Gasteiger partial charge in [0.25, 0.3) is 0 Å². The lowest BCUT2D eigenvalue weighted by atomic mass is 10.1. The summed E-state index contributed by atoms with van der Waals surface area (Å²) in [5.74, 6) is 0.857. The van der Waals surface area contributed by atoms with Gasteiger partial charge >= 0.3 is 0 Å². The summed E-state index contributed by atoms with van der Waals surface area (Å²) in [6.07, 6.45) is 3.52. The second-order valence-corrected chi connectivity index (χ2v) is 7.08. The van der Waals surface area contributed by atoms with Crippen LogP contribution in [-0.2, 0) is 6.54 Å². The topological polar surface area (TPSA) is 70.9 Å². The van der Waals surface area contributed by atoms with Gasteiger partial charge in [-0.15, -0.1) is 0 Å². The Balaban J connectivity index is 1.55. The molecule has 0 saturated carbocycles. The molecule has 3 heterocycles. The largest absolute Gasteiger partial charge is 0.366 e. The molecule has 0 aliphatic carbocycles. The fourth-order valence-corrected chi connectivity index (χ4v) is 3.52. The van der Waals surface area contributed by atoms with Gasteiger partial charge in [-0.05, 0) is 30.7 Å². The first-order valence-electron chi connectivity index (χ1n) is 8.95. The predicted octanol–water partition coefficient (Wildman–Crippen LogP) is 4.85. The minimum Gasteiger partial charge on any atom is -0.366 e. The Morgan fingerprint density at radius 2 is 2.04 bits per heavy atom. The molecule has 5 rings (SSSR count). The van der Waals surface area contributed by atoms with E-state index in [9.17, 15) is 0 Å². The van der Waals surface area contributed by atoms with E-state index in [1.54, 1.807) is 6.33 Å². The van der Waals surface area contributed by atoms with Crippen molar-refractivity contribution in [2.45, 2.75) is 13.5 Å². The molecule has 2 N–H and O–H groups in total. The third-order valence-corrected chi connectivity index (χ3v) is 5.09. The van der Waals surface area contributed by atoms with Crippen molar-refractivity contribution in [1.82, 2.24) is 24.6 Å². The lowest BCUT2D eigenvalue weighted by Crippen LogP contribution is -2.07. The van der Waals surface area contributed by atoms with E-state index >= 15 is 0 Å². The number of fused-ring (bicyclic) bond motifs is 2. The Morgan fingerprint density at radius 3 is 2.93 bits per heavy atom. The van der Waals surface area contributed by atoms with Crippen molar-refractivity contribution in [1.29, 1.82) is 0 Å². The number of hydrogen-bond donors (Lipinski definition) is 2. The van der Waals surface area contributed by atoms with E-state index in [1.165, 1.54) is 0 Å². The maximum absolute atomic E-state index is 6.40. The fraction of sp³-hybridized carbons (Fsp3) is 0.0952. The highest BCUT2D eigenvalue weighted by Crippen LogP contribution is 2.29. The first-order chi connectivity index (χ1) is 13.7. The van der Waals surface area contributed by atoms with E-state index in [1.807, 2.05) is 54.0 Å². The Hall–Kier alpha value is -3.38. The summed E-state index contributed by atoms with van der Waals surface area (Å²) in [6.45, 7) is 2.64. The second-order valence-electron chi connectivity index (χ2n) is 6.68. The van der Waals surface area contributed by atoms with Gasteiger partial charge in [-0.2, -0.15) is 9.61 Å². The standard InChI is InChI=1S/C21H17ClN6/c1-13-10-26-28-20(23-11-14-6-7-17-19(8-14)25-12-24-17)9-18(27-21(13)28)15-4-2-3-5-16(15)22/h2-10,12,23H,11H2,1H3,(H,24,25). The highest BCUT2D eigenvalue weighted by molar-refractivity contribution is 6.33. The summed E-state index contributed by atoms with van der Waals surface area (Å²) in [5.41, 5.74) is 6.63. The zero-order chi connectivity index (χ0) is 19.1. The maximum Gasteiger partial charge on any atom is 0.160 e. The smallest absolute Gasteiger partial charge is 0.160 e. The summed E-state index contributed by atoms with van der Waals surface area (Å²) < 4.78 is 1.82. The lowest BCUT2D eigenvalue weighted by molar-refractivity contribution is 0.927. The number of nitrogens with zero attached hydrogens (tertiary/aromatic N) is 4. The molecule has 0 bridgehead atoms. The number of rotatable bonds is 4. The molecule has 2 aromatic carbocycles. The molecule has 0 amide bonds. The zero-order valence-electron chi connectivity index (χ0n) is 15.1. The van der Waals surface area contributed by atoms with E-state index in [4.69, 9.17) is 16.6 Å². The minimum absolute atomic E-state index is 0.642. The number of hydrogen-bond acceptors (Lipinski definition) is 4. The minimum atomic E-state index is 0.642. The molecule has 0 aliphatic heterocycles. The van der Waals surface area contributed by atoms with Crippen LogP contribution < -0.4 is 5.32 Å². The Bertz CT molecular complexity index is 1300. The van der Waals surface area contributed by atoms with Gasteiger partial charge in [-0.1, -0.05) is 35.9 Å². The molecule has 0 fully saturated rings. The number of aromatic nitrogens is 5. The van der Waals surface area contributed by atoms with Crippen LogP contribution in [0.5, 0.6) is 0 Å². The summed E-state index contributed by atoms with van der Waals surface area (Å²) in [6, 6.07) is 15.9. The van der Waals surface area contributed by atoms with Crippen molar-refractivity contribution >= 4 is 34.1 Å². The van der Waals surface area contributed by atoms with Crippen molar-refractivity contribution in [3.8, 4) is 11.3 Å². The van der Waals surface area contributed by atoms with Gasteiger partial charge < -0.3 is 10.3 Å². The maximum atomic E-state index is 6.40. The zero-order valence-corrected chi connectivity index (χ0v) is 15.9. The Labute approximate surface area is 166 Å². The van der Waals surface area contributed by atoms with Gasteiger partial charge in [0.1, 0.15) is 5.82 Å².